The van der Waals surface area contributed by atoms with Crippen LogP contribution < -0.4 is 4.90 Å². The Balaban J connectivity index is 2.66. The molecule has 1 unspecified atom stereocenters. The van der Waals surface area contributed by atoms with Gasteiger partial charge in [0.25, 0.3) is 0 Å². The van der Waals surface area contributed by atoms with Crippen LogP contribution in [-0.4, -0.2) is 19.4 Å². The Labute approximate surface area is 91.1 Å². The lowest BCUT2D eigenvalue weighted by Crippen LogP contribution is -2.29. The highest BCUT2D eigenvalue weighted by Crippen LogP contribution is 2.20. The van der Waals surface area contributed by atoms with E-state index >= 15 is 0 Å². The molecule has 1 atom stereocenters. The molecule has 1 heterocycles. The maximum atomic E-state index is 10.5. The maximum Gasteiger partial charge on any atom is 0.196 e. The Kier molecular flexibility index (Phi) is 3.95. The summed E-state index contributed by atoms with van der Waals surface area (Å²) in [6.07, 6.45) is 1.83. The molecule has 15 heavy (non-hydrogen) atoms. The second-order valence-corrected chi connectivity index (χ2v) is 4.38. The summed E-state index contributed by atoms with van der Waals surface area (Å²) in [7, 11) is 1.99. The lowest BCUT2D eigenvalue weighted by molar-refractivity contribution is 0.110. The van der Waals surface area contributed by atoms with Crippen LogP contribution in [0.2, 0.25) is 0 Å². The summed E-state index contributed by atoms with van der Waals surface area (Å²) in [5.74, 6) is 1.79. The minimum absolute atomic E-state index is 0.383. The fourth-order valence-corrected chi connectivity index (χ4v) is 1.65. The first-order valence-corrected chi connectivity index (χ1v) is 5.32. The maximum absolute atomic E-state index is 10.5. The molecule has 84 valence electrons. The smallest absolute Gasteiger partial charge is 0.196 e. The average molecular weight is 209 g/mol. The molecule has 0 aliphatic carbocycles. The number of anilines is 1. The van der Waals surface area contributed by atoms with Crippen molar-refractivity contribution in [3.63, 3.8) is 0 Å². The minimum atomic E-state index is 0.383. The second-order valence-electron chi connectivity index (χ2n) is 4.38. The molecule has 0 spiro atoms. The third kappa shape index (κ3) is 3.11. The zero-order valence-corrected chi connectivity index (χ0v) is 9.86. The molecule has 1 aromatic heterocycles. The molecule has 0 aromatic carbocycles. The Morgan fingerprint density at radius 1 is 1.40 bits per heavy atom. The van der Waals surface area contributed by atoms with Crippen LogP contribution in [0.25, 0.3) is 0 Å². The Morgan fingerprint density at radius 3 is 2.53 bits per heavy atom. The zero-order chi connectivity index (χ0) is 11.4. The van der Waals surface area contributed by atoms with Gasteiger partial charge in [0, 0.05) is 19.2 Å². The largest absolute Gasteiger partial charge is 0.438 e. The summed E-state index contributed by atoms with van der Waals surface area (Å²) in [5.41, 5.74) is 0. The number of rotatable bonds is 5. The van der Waals surface area contributed by atoms with Crippen LogP contribution >= 0.6 is 0 Å². The van der Waals surface area contributed by atoms with E-state index in [1.165, 1.54) is 0 Å². The van der Waals surface area contributed by atoms with E-state index in [4.69, 9.17) is 4.42 Å². The average Bonchev–Trinajstić information content (AvgIpc) is 2.63. The van der Waals surface area contributed by atoms with Gasteiger partial charge in [0.15, 0.2) is 17.9 Å². The second kappa shape index (κ2) is 5.01. The molecule has 0 amide bonds. The van der Waals surface area contributed by atoms with Crippen LogP contribution in [0.4, 0.5) is 5.88 Å². The first-order chi connectivity index (χ1) is 7.04. The van der Waals surface area contributed by atoms with Gasteiger partial charge in [-0.15, -0.1) is 0 Å². The van der Waals surface area contributed by atoms with Gasteiger partial charge in [0.05, 0.1) is 0 Å². The molecule has 0 fully saturated rings. The van der Waals surface area contributed by atoms with Gasteiger partial charge in [-0.2, -0.15) is 0 Å². The number of carbonyl (C=O) groups excluding carboxylic acids is 1. The van der Waals surface area contributed by atoms with E-state index in [0.717, 1.165) is 18.6 Å². The van der Waals surface area contributed by atoms with Gasteiger partial charge < -0.3 is 9.32 Å². The standard InChI is InChI=1S/C12H19NO2/c1-9(2)7-10(3)13(4)12-6-5-11(8-14)15-12/h5-6,8-10H,7H2,1-4H3. The van der Waals surface area contributed by atoms with Gasteiger partial charge in [0.2, 0.25) is 0 Å². The van der Waals surface area contributed by atoms with Gasteiger partial charge >= 0.3 is 0 Å². The lowest BCUT2D eigenvalue weighted by Gasteiger charge is -2.25. The number of carbonyl (C=O) groups is 1. The van der Waals surface area contributed by atoms with Crippen molar-refractivity contribution in [3.8, 4) is 0 Å². The van der Waals surface area contributed by atoms with Gasteiger partial charge in [-0.1, -0.05) is 13.8 Å². The van der Waals surface area contributed by atoms with Crippen LogP contribution in [0.3, 0.4) is 0 Å². The molecule has 0 N–H and O–H groups in total. The van der Waals surface area contributed by atoms with Gasteiger partial charge in [-0.05, 0) is 25.3 Å². The fraction of sp³-hybridized carbons (Fsp3) is 0.583. The van der Waals surface area contributed by atoms with Crippen molar-refractivity contribution >= 4 is 12.2 Å². The normalized spacial score (nSPS) is 12.9. The number of hydrogen-bond donors (Lipinski definition) is 0. The topological polar surface area (TPSA) is 33.5 Å². The molecule has 0 saturated heterocycles. The summed E-state index contributed by atoms with van der Waals surface area (Å²) < 4.78 is 5.36. The third-order valence-corrected chi connectivity index (χ3v) is 2.55. The van der Waals surface area contributed by atoms with E-state index in [-0.39, 0.29) is 0 Å². The Bertz CT molecular complexity index is 317. The summed E-state index contributed by atoms with van der Waals surface area (Å²) in [6.45, 7) is 6.55. The van der Waals surface area contributed by atoms with Crippen molar-refractivity contribution in [2.45, 2.75) is 33.2 Å². The molecule has 3 nitrogen and oxygen atoms in total. The molecule has 3 heteroatoms. The van der Waals surface area contributed by atoms with E-state index < -0.39 is 0 Å². The number of hydrogen-bond acceptors (Lipinski definition) is 3. The van der Waals surface area contributed by atoms with Gasteiger partial charge in [-0.25, -0.2) is 0 Å². The monoisotopic (exact) mass is 209 g/mol. The van der Waals surface area contributed by atoms with Crippen LogP contribution in [0.15, 0.2) is 16.5 Å². The quantitative estimate of drug-likeness (QED) is 0.699. The van der Waals surface area contributed by atoms with E-state index in [0.29, 0.717) is 17.7 Å². The van der Waals surface area contributed by atoms with Crippen LogP contribution in [-0.2, 0) is 0 Å². The first-order valence-electron chi connectivity index (χ1n) is 5.32. The predicted molar refractivity (Wildman–Crippen MR) is 61.4 cm³/mol. The van der Waals surface area contributed by atoms with Crippen molar-refractivity contribution in [2.24, 2.45) is 5.92 Å². The van der Waals surface area contributed by atoms with Crippen molar-refractivity contribution < 1.29 is 9.21 Å². The fourth-order valence-electron chi connectivity index (χ4n) is 1.65. The first kappa shape index (κ1) is 11.8. The molecular weight excluding hydrogens is 190 g/mol. The van der Waals surface area contributed by atoms with Crippen LogP contribution in [0.5, 0.6) is 0 Å². The van der Waals surface area contributed by atoms with Crippen molar-refractivity contribution in [3.05, 3.63) is 17.9 Å². The van der Waals surface area contributed by atoms with Crippen molar-refractivity contribution in [1.82, 2.24) is 0 Å². The van der Waals surface area contributed by atoms with E-state index in [2.05, 4.69) is 25.7 Å². The highest BCUT2D eigenvalue weighted by Gasteiger charge is 2.14. The Morgan fingerprint density at radius 2 is 2.07 bits per heavy atom. The number of aldehydes is 1. The molecule has 0 aliphatic rings. The highest BCUT2D eigenvalue weighted by molar-refractivity contribution is 5.71. The number of furan rings is 1. The molecule has 0 radical (unpaired) electrons. The molecule has 1 rings (SSSR count). The molecule has 1 aromatic rings. The van der Waals surface area contributed by atoms with Gasteiger partial charge in [-0.3, -0.25) is 4.79 Å². The van der Waals surface area contributed by atoms with Crippen LogP contribution in [0, 0.1) is 5.92 Å². The SMILES string of the molecule is CC(C)CC(C)N(C)c1ccc(C=O)o1. The molecular formula is C12H19NO2. The molecule has 0 bridgehead atoms. The molecule has 0 saturated carbocycles. The predicted octanol–water partition coefficient (Wildman–Crippen LogP) is 2.96. The third-order valence-electron chi connectivity index (χ3n) is 2.55. The highest BCUT2D eigenvalue weighted by atomic mass is 16.4. The van der Waals surface area contributed by atoms with Crippen molar-refractivity contribution in [1.29, 1.82) is 0 Å². The summed E-state index contributed by atoms with van der Waals surface area (Å²) in [5, 5.41) is 0. The summed E-state index contributed by atoms with van der Waals surface area (Å²) in [6, 6.07) is 3.94. The van der Waals surface area contributed by atoms with Crippen molar-refractivity contribution in [2.75, 3.05) is 11.9 Å². The minimum Gasteiger partial charge on any atom is -0.438 e. The number of nitrogens with zero attached hydrogens (tertiary/aromatic N) is 1. The van der Waals surface area contributed by atoms with E-state index in [1.807, 2.05) is 13.1 Å². The summed E-state index contributed by atoms with van der Waals surface area (Å²) in [4.78, 5) is 12.5. The Hall–Kier alpha value is -1.25. The van der Waals surface area contributed by atoms with Gasteiger partial charge in [0.1, 0.15) is 0 Å². The van der Waals surface area contributed by atoms with E-state index in [9.17, 15) is 4.79 Å². The van der Waals surface area contributed by atoms with E-state index in [1.54, 1.807) is 6.07 Å². The summed E-state index contributed by atoms with van der Waals surface area (Å²) >= 11 is 0. The van der Waals surface area contributed by atoms with Crippen LogP contribution in [0.1, 0.15) is 37.7 Å². The zero-order valence-electron chi connectivity index (χ0n) is 9.86. The molecule has 0 aliphatic heterocycles. The lowest BCUT2D eigenvalue weighted by atomic mass is 10.0.